The quantitative estimate of drug-likeness (QED) is 0.620. The van der Waals surface area contributed by atoms with E-state index < -0.39 is 0 Å². The number of thiophene rings is 1. The molecule has 0 atom stereocenters. The molecule has 136 valence electrons. The highest BCUT2D eigenvalue weighted by molar-refractivity contribution is 7.08. The molecule has 0 aliphatic heterocycles. The Kier molecular flexibility index (Phi) is 5.63. The second kappa shape index (κ2) is 8.29. The predicted molar refractivity (Wildman–Crippen MR) is 107 cm³/mol. The van der Waals surface area contributed by atoms with Gasteiger partial charge < -0.3 is 16.0 Å². The molecule has 0 radical (unpaired) electrons. The molecular weight excluding hydrogens is 362 g/mol. The van der Waals surface area contributed by atoms with Crippen molar-refractivity contribution in [2.24, 2.45) is 0 Å². The lowest BCUT2D eigenvalue weighted by atomic mass is 10.1. The Labute approximate surface area is 160 Å². The summed E-state index contributed by atoms with van der Waals surface area (Å²) in [5.41, 5.74) is 2.55. The van der Waals surface area contributed by atoms with Crippen molar-refractivity contribution >= 4 is 46.1 Å². The van der Waals surface area contributed by atoms with Crippen molar-refractivity contribution in [1.82, 2.24) is 0 Å². The van der Waals surface area contributed by atoms with E-state index >= 15 is 0 Å². The van der Waals surface area contributed by atoms with Gasteiger partial charge >= 0.3 is 0 Å². The van der Waals surface area contributed by atoms with Crippen LogP contribution < -0.4 is 16.0 Å². The molecule has 6 nitrogen and oxygen atoms in total. The van der Waals surface area contributed by atoms with E-state index in [-0.39, 0.29) is 17.7 Å². The highest BCUT2D eigenvalue weighted by atomic mass is 32.1. The lowest BCUT2D eigenvalue weighted by molar-refractivity contribution is -0.114. The van der Waals surface area contributed by atoms with Crippen molar-refractivity contribution in [2.75, 3.05) is 16.0 Å². The van der Waals surface area contributed by atoms with Crippen molar-refractivity contribution < 1.29 is 14.4 Å². The summed E-state index contributed by atoms with van der Waals surface area (Å²) in [5.74, 6) is -0.776. The number of amides is 3. The average molecular weight is 379 g/mol. The number of hydrogen-bond donors (Lipinski definition) is 3. The van der Waals surface area contributed by atoms with Crippen LogP contribution >= 0.6 is 11.3 Å². The Hall–Kier alpha value is -3.45. The number of benzene rings is 2. The highest BCUT2D eigenvalue weighted by Crippen LogP contribution is 2.20. The van der Waals surface area contributed by atoms with Crippen LogP contribution in [-0.2, 0) is 4.79 Å². The van der Waals surface area contributed by atoms with E-state index in [0.717, 1.165) is 0 Å². The predicted octanol–water partition coefficient (Wildman–Crippen LogP) is 4.21. The molecule has 1 heterocycles. The van der Waals surface area contributed by atoms with Gasteiger partial charge in [-0.2, -0.15) is 11.3 Å². The molecule has 27 heavy (non-hydrogen) atoms. The maximum absolute atomic E-state index is 12.6. The molecule has 1 aromatic heterocycles. The first-order valence-electron chi connectivity index (χ1n) is 8.14. The molecule has 0 fully saturated rings. The monoisotopic (exact) mass is 379 g/mol. The number of para-hydroxylation sites is 1. The van der Waals surface area contributed by atoms with E-state index in [2.05, 4.69) is 16.0 Å². The van der Waals surface area contributed by atoms with Crippen LogP contribution in [0.3, 0.4) is 0 Å². The molecule has 0 aliphatic carbocycles. The molecular formula is C20H17N3O3S. The second-order valence-corrected chi connectivity index (χ2v) is 6.50. The van der Waals surface area contributed by atoms with E-state index in [0.29, 0.717) is 28.2 Å². The minimum absolute atomic E-state index is 0.165. The number of carbonyl (C=O) groups is 3. The van der Waals surface area contributed by atoms with Gasteiger partial charge in [-0.05, 0) is 47.8 Å². The van der Waals surface area contributed by atoms with Crippen molar-refractivity contribution in [1.29, 1.82) is 0 Å². The fourth-order valence-corrected chi connectivity index (χ4v) is 3.05. The van der Waals surface area contributed by atoms with Crippen LogP contribution in [0.5, 0.6) is 0 Å². The van der Waals surface area contributed by atoms with E-state index in [1.807, 2.05) is 5.38 Å². The average Bonchev–Trinajstić information content (AvgIpc) is 3.18. The van der Waals surface area contributed by atoms with Gasteiger partial charge in [-0.1, -0.05) is 12.1 Å². The maximum atomic E-state index is 12.6. The summed E-state index contributed by atoms with van der Waals surface area (Å²) >= 11 is 1.43. The minimum Gasteiger partial charge on any atom is -0.326 e. The molecule has 3 rings (SSSR count). The van der Waals surface area contributed by atoms with Crippen molar-refractivity contribution in [2.45, 2.75) is 6.92 Å². The molecule has 0 aliphatic rings. The van der Waals surface area contributed by atoms with Gasteiger partial charge in [0.2, 0.25) is 5.91 Å². The van der Waals surface area contributed by atoms with Crippen LogP contribution in [0, 0.1) is 0 Å². The van der Waals surface area contributed by atoms with Gasteiger partial charge in [-0.15, -0.1) is 0 Å². The molecule has 0 spiro atoms. The molecule has 0 saturated carbocycles. The van der Waals surface area contributed by atoms with Crippen LogP contribution in [0.4, 0.5) is 17.1 Å². The first-order chi connectivity index (χ1) is 13.0. The summed E-state index contributed by atoms with van der Waals surface area (Å²) in [5, 5.41) is 11.8. The van der Waals surface area contributed by atoms with Gasteiger partial charge in [-0.3, -0.25) is 14.4 Å². The smallest absolute Gasteiger partial charge is 0.257 e. The first-order valence-corrected chi connectivity index (χ1v) is 9.09. The molecule has 3 amide bonds. The van der Waals surface area contributed by atoms with Gasteiger partial charge in [-0.25, -0.2) is 0 Å². The number of hydrogen-bond acceptors (Lipinski definition) is 4. The summed E-state index contributed by atoms with van der Waals surface area (Å²) in [6.45, 7) is 1.43. The Morgan fingerprint density at radius 1 is 0.778 bits per heavy atom. The van der Waals surface area contributed by atoms with Crippen molar-refractivity contribution in [3.05, 3.63) is 76.5 Å². The van der Waals surface area contributed by atoms with E-state index in [1.165, 1.54) is 18.3 Å². The fraction of sp³-hybridized carbons (Fsp3) is 0.0500. The highest BCUT2D eigenvalue weighted by Gasteiger charge is 2.14. The molecule has 0 bridgehead atoms. The Bertz CT molecular complexity index is 966. The third-order valence-electron chi connectivity index (χ3n) is 3.67. The topological polar surface area (TPSA) is 87.3 Å². The molecule has 0 saturated heterocycles. The van der Waals surface area contributed by atoms with Crippen LogP contribution in [0.2, 0.25) is 0 Å². The molecule has 7 heteroatoms. The first kappa shape index (κ1) is 18.3. The maximum Gasteiger partial charge on any atom is 0.257 e. The van der Waals surface area contributed by atoms with Crippen molar-refractivity contribution in [3.63, 3.8) is 0 Å². The molecule has 0 unspecified atom stereocenters. The summed E-state index contributed by atoms with van der Waals surface area (Å²) in [6.07, 6.45) is 0. The van der Waals surface area contributed by atoms with E-state index in [9.17, 15) is 14.4 Å². The number of nitrogens with one attached hydrogen (secondary N) is 3. The second-order valence-electron chi connectivity index (χ2n) is 5.72. The van der Waals surface area contributed by atoms with E-state index in [4.69, 9.17) is 0 Å². The lowest BCUT2D eigenvalue weighted by Crippen LogP contribution is -2.18. The van der Waals surface area contributed by atoms with Gasteiger partial charge in [0, 0.05) is 23.7 Å². The molecule has 3 N–H and O–H groups in total. The number of anilines is 3. The van der Waals surface area contributed by atoms with Crippen molar-refractivity contribution in [3.8, 4) is 0 Å². The molecule has 2 aromatic carbocycles. The Morgan fingerprint density at radius 2 is 1.44 bits per heavy atom. The third kappa shape index (κ3) is 4.80. The lowest BCUT2D eigenvalue weighted by Gasteiger charge is -2.11. The number of carbonyl (C=O) groups excluding carboxylic acids is 3. The number of rotatable bonds is 5. The summed E-state index contributed by atoms with van der Waals surface area (Å²) < 4.78 is 0. The van der Waals surface area contributed by atoms with Gasteiger partial charge in [0.1, 0.15) is 0 Å². The van der Waals surface area contributed by atoms with Crippen LogP contribution in [-0.4, -0.2) is 17.7 Å². The molecule has 3 aromatic rings. The largest absolute Gasteiger partial charge is 0.326 e. The van der Waals surface area contributed by atoms with Crippen LogP contribution in [0.25, 0.3) is 0 Å². The summed E-state index contributed by atoms with van der Waals surface area (Å²) in [4.78, 5) is 36.0. The normalized spacial score (nSPS) is 10.1. The van der Waals surface area contributed by atoms with Gasteiger partial charge in [0.25, 0.3) is 11.8 Å². The zero-order valence-corrected chi connectivity index (χ0v) is 15.3. The van der Waals surface area contributed by atoms with Crippen LogP contribution in [0.1, 0.15) is 27.6 Å². The Balaban J connectivity index is 1.73. The minimum atomic E-state index is -0.344. The third-order valence-corrected chi connectivity index (χ3v) is 4.35. The van der Waals surface area contributed by atoms with Gasteiger partial charge in [0.15, 0.2) is 0 Å². The van der Waals surface area contributed by atoms with Crippen LogP contribution in [0.15, 0.2) is 65.4 Å². The summed E-state index contributed by atoms with van der Waals surface area (Å²) in [6, 6.07) is 15.3. The summed E-state index contributed by atoms with van der Waals surface area (Å²) in [7, 11) is 0. The van der Waals surface area contributed by atoms with Gasteiger partial charge in [0.05, 0.1) is 16.8 Å². The van der Waals surface area contributed by atoms with E-state index in [1.54, 1.807) is 60.0 Å². The SMILES string of the molecule is CC(=O)Nc1ccc(NC(=O)c2ccccc2NC(=O)c2ccsc2)cc1. The fourth-order valence-electron chi connectivity index (χ4n) is 2.42. The zero-order chi connectivity index (χ0) is 19.2. The zero-order valence-electron chi connectivity index (χ0n) is 14.5. The Morgan fingerprint density at radius 3 is 2.07 bits per heavy atom. The standard InChI is InChI=1S/C20H17N3O3S/c1-13(24)21-15-6-8-16(9-7-15)22-20(26)17-4-2-3-5-18(17)23-19(25)14-10-11-27-12-14/h2-12H,1H3,(H,21,24)(H,22,26)(H,23,25).